The van der Waals surface area contributed by atoms with Crippen LogP contribution in [0.3, 0.4) is 0 Å². The van der Waals surface area contributed by atoms with E-state index in [0.29, 0.717) is 28.3 Å². The van der Waals surface area contributed by atoms with E-state index in [-0.39, 0.29) is 0 Å². The summed E-state index contributed by atoms with van der Waals surface area (Å²) in [6.45, 7) is 0.953. The van der Waals surface area contributed by atoms with Crippen molar-refractivity contribution in [2.75, 3.05) is 6.54 Å². The molecule has 1 N–H and O–H groups in total. The van der Waals surface area contributed by atoms with Crippen LogP contribution in [-0.2, 0) is 16.9 Å². The third-order valence-electron chi connectivity index (χ3n) is 3.11. The molecule has 1 unspecified atom stereocenters. The van der Waals surface area contributed by atoms with Crippen LogP contribution < -0.4 is 5.32 Å². The number of nitrogens with one attached hydrogen (secondary N) is 1. The van der Waals surface area contributed by atoms with Crippen molar-refractivity contribution < 1.29 is 4.74 Å². The molecule has 8 heteroatoms. The molecule has 1 atom stereocenters. The summed E-state index contributed by atoms with van der Waals surface area (Å²) < 4.78 is 7.51. The van der Waals surface area contributed by atoms with Crippen LogP contribution in [0.15, 0.2) is 30.9 Å². The number of ether oxygens (including phenoxy) is 1. The zero-order chi connectivity index (χ0) is 14.2. The molecule has 0 spiro atoms. The average Bonchev–Trinajstić information content (AvgIpc) is 3.00. The molecule has 2 heterocycles. The van der Waals surface area contributed by atoms with E-state index in [9.17, 15) is 0 Å². The second kappa shape index (κ2) is 5.20. The van der Waals surface area contributed by atoms with E-state index in [0.717, 1.165) is 5.56 Å². The van der Waals surface area contributed by atoms with Gasteiger partial charge in [-0.05, 0) is 24.4 Å². The van der Waals surface area contributed by atoms with Crippen LogP contribution in [0.25, 0.3) is 0 Å². The molecule has 104 valence electrons. The zero-order valence-corrected chi connectivity index (χ0v) is 12.5. The molecule has 2 aromatic rings. The van der Waals surface area contributed by atoms with Crippen LogP contribution >= 0.6 is 35.4 Å². The molecule has 3 rings (SSSR count). The van der Waals surface area contributed by atoms with Gasteiger partial charge >= 0.3 is 0 Å². The molecule has 20 heavy (non-hydrogen) atoms. The van der Waals surface area contributed by atoms with Crippen LogP contribution in [0, 0.1) is 0 Å². The summed E-state index contributed by atoms with van der Waals surface area (Å²) in [6.07, 6.45) is 3.09. The Hall–Kier alpha value is -1.37. The van der Waals surface area contributed by atoms with Gasteiger partial charge in [-0.2, -0.15) is 5.10 Å². The number of aromatic nitrogens is 3. The Balaban J connectivity index is 2.03. The summed E-state index contributed by atoms with van der Waals surface area (Å²) in [5, 5.41) is 8.57. The second-order valence-electron chi connectivity index (χ2n) is 4.45. The summed E-state index contributed by atoms with van der Waals surface area (Å²) in [5.74, 6) is 0. The van der Waals surface area contributed by atoms with E-state index < -0.39 is 5.60 Å². The van der Waals surface area contributed by atoms with Crippen LogP contribution in [0.4, 0.5) is 0 Å². The van der Waals surface area contributed by atoms with Gasteiger partial charge in [0.15, 0.2) is 5.60 Å². The highest BCUT2D eigenvalue weighted by Crippen LogP contribution is 2.36. The first-order valence-corrected chi connectivity index (χ1v) is 7.00. The number of hydrogen-bond acceptors (Lipinski definition) is 4. The van der Waals surface area contributed by atoms with Gasteiger partial charge in [0.25, 0.3) is 5.17 Å². The van der Waals surface area contributed by atoms with Gasteiger partial charge in [0.2, 0.25) is 0 Å². The Morgan fingerprint density at radius 3 is 2.90 bits per heavy atom. The second-order valence-corrected chi connectivity index (χ2v) is 5.67. The zero-order valence-electron chi connectivity index (χ0n) is 10.2. The first-order chi connectivity index (χ1) is 9.59. The van der Waals surface area contributed by atoms with Gasteiger partial charge in [-0.1, -0.05) is 29.3 Å². The molecule has 0 bridgehead atoms. The molecule has 0 aliphatic carbocycles. The van der Waals surface area contributed by atoms with Gasteiger partial charge in [-0.3, -0.25) is 0 Å². The molecule has 1 aliphatic heterocycles. The molecule has 1 aromatic carbocycles. The van der Waals surface area contributed by atoms with Gasteiger partial charge in [-0.15, -0.1) is 0 Å². The number of rotatable bonds is 3. The predicted octanol–water partition coefficient (Wildman–Crippen LogP) is 2.39. The van der Waals surface area contributed by atoms with Crippen LogP contribution in [0.5, 0.6) is 0 Å². The molecule has 1 aromatic heterocycles. The van der Waals surface area contributed by atoms with Crippen molar-refractivity contribution in [1.82, 2.24) is 20.1 Å². The lowest BCUT2D eigenvalue weighted by atomic mass is 9.94. The first-order valence-electron chi connectivity index (χ1n) is 5.84. The van der Waals surface area contributed by atoms with E-state index in [1.54, 1.807) is 23.1 Å². The molecule has 1 aliphatic rings. The average molecular weight is 329 g/mol. The Bertz CT molecular complexity index is 649. The summed E-state index contributed by atoms with van der Waals surface area (Å²) in [4.78, 5) is 3.93. The lowest BCUT2D eigenvalue weighted by molar-refractivity contribution is 0.0696. The van der Waals surface area contributed by atoms with Crippen molar-refractivity contribution in [1.29, 1.82) is 0 Å². The lowest BCUT2D eigenvalue weighted by Crippen LogP contribution is -2.36. The molecule has 5 nitrogen and oxygen atoms in total. The van der Waals surface area contributed by atoms with Crippen molar-refractivity contribution in [3.05, 3.63) is 46.5 Å². The van der Waals surface area contributed by atoms with Crippen molar-refractivity contribution in [2.45, 2.75) is 12.1 Å². The van der Waals surface area contributed by atoms with Crippen molar-refractivity contribution >= 4 is 40.6 Å². The standard InChI is InChI=1S/C12H10Cl2N4OS/c13-8-1-2-9(10(14)3-8)12(4-16-11(20)19-12)5-18-7-15-6-17-18/h1-3,6-7H,4-5H2,(H,16,20). The highest BCUT2D eigenvalue weighted by atomic mass is 35.5. The Morgan fingerprint density at radius 1 is 1.45 bits per heavy atom. The van der Waals surface area contributed by atoms with E-state index in [4.69, 9.17) is 40.2 Å². The topological polar surface area (TPSA) is 52.0 Å². The highest BCUT2D eigenvalue weighted by molar-refractivity contribution is 7.80. The molecular weight excluding hydrogens is 319 g/mol. The lowest BCUT2D eigenvalue weighted by Gasteiger charge is -2.28. The van der Waals surface area contributed by atoms with E-state index >= 15 is 0 Å². The highest BCUT2D eigenvalue weighted by Gasteiger charge is 2.42. The maximum Gasteiger partial charge on any atom is 0.257 e. The third kappa shape index (κ3) is 2.46. The summed E-state index contributed by atoms with van der Waals surface area (Å²) in [5.41, 5.74) is 0.0957. The molecular formula is C12H10Cl2N4OS. The van der Waals surface area contributed by atoms with Crippen LogP contribution in [-0.4, -0.2) is 26.5 Å². The molecule has 0 saturated carbocycles. The van der Waals surface area contributed by atoms with Gasteiger partial charge in [0, 0.05) is 15.6 Å². The maximum absolute atomic E-state index is 6.31. The van der Waals surface area contributed by atoms with E-state index in [1.165, 1.54) is 6.33 Å². The smallest absolute Gasteiger partial charge is 0.257 e. The van der Waals surface area contributed by atoms with Crippen molar-refractivity contribution in [3.8, 4) is 0 Å². The Morgan fingerprint density at radius 2 is 2.30 bits per heavy atom. The van der Waals surface area contributed by atoms with Gasteiger partial charge in [-0.25, -0.2) is 9.67 Å². The summed E-state index contributed by atoms with van der Waals surface area (Å²) in [6, 6.07) is 5.31. The fraction of sp³-hybridized carbons (Fsp3) is 0.250. The SMILES string of the molecule is S=C1NCC(Cn2cncn2)(c2ccc(Cl)cc2Cl)O1. The minimum atomic E-state index is -0.716. The van der Waals surface area contributed by atoms with Gasteiger partial charge in [0.05, 0.1) is 13.1 Å². The minimum Gasteiger partial charge on any atom is -0.456 e. The molecule has 1 fully saturated rings. The van der Waals surface area contributed by atoms with Crippen LogP contribution in [0.1, 0.15) is 5.56 Å². The third-order valence-corrected chi connectivity index (χ3v) is 3.89. The predicted molar refractivity (Wildman–Crippen MR) is 79.8 cm³/mol. The molecule has 0 radical (unpaired) electrons. The normalized spacial score (nSPS) is 21.6. The van der Waals surface area contributed by atoms with Gasteiger partial charge in [0.1, 0.15) is 12.7 Å². The monoisotopic (exact) mass is 328 g/mol. The van der Waals surface area contributed by atoms with Gasteiger partial charge < -0.3 is 10.1 Å². The fourth-order valence-corrected chi connectivity index (χ4v) is 3.04. The largest absolute Gasteiger partial charge is 0.456 e. The number of nitrogens with zero attached hydrogens (tertiary/aromatic N) is 3. The number of hydrogen-bond donors (Lipinski definition) is 1. The minimum absolute atomic E-state index is 0.344. The Kier molecular flexibility index (Phi) is 3.54. The van der Waals surface area contributed by atoms with Crippen molar-refractivity contribution in [2.24, 2.45) is 0 Å². The van der Waals surface area contributed by atoms with Crippen molar-refractivity contribution in [3.63, 3.8) is 0 Å². The Labute approximate surface area is 130 Å². The first kappa shape index (κ1) is 13.6. The summed E-state index contributed by atoms with van der Waals surface area (Å²) in [7, 11) is 0. The quantitative estimate of drug-likeness (QED) is 0.877. The van der Waals surface area contributed by atoms with Crippen LogP contribution in [0.2, 0.25) is 10.0 Å². The number of benzene rings is 1. The number of halogens is 2. The fourth-order valence-electron chi connectivity index (χ4n) is 2.22. The molecule has 0 amide bonds. The maximum atomic E-state index is 6.31. The number of thiocarbonyl (C=S) groups is 1. The molecule has 1 saturated heterocycles. The summed E-state index contributed by atoms with van der Waals surface area (Å²) >= 11 is 17.3. The van der Waals surface area contributed by atoms with E-state index in [1.807, 2.05) is 6.07 Å². The van der Waals surface area contributed by atoms with E-state index in [2.05, 4.69) is 15.4 Å².